The zero-order chi connectivity index (χ0) is 13.7. The third-order valence-corrected chi connectivity index (χ3v) is 3.77. The first-order chi connectivity index (χ1) is 8.51. The predicted molar refractivity (Wildman–Crippen MR) is 75.7 cm³/mol. The second-order valence-corrected chi connectivity index (χ2v) is 5.33. The lowest BCUT2D eigenvalue weighted by molar-refractivity contribution is 0.0739. The van der Waals surface area contributed by atoms with Gasteiger partial charge < -0.3 is 4.90 Å². The van der Waals surface area contributed by atoms with Gasteiger partial charge in [-0.25, -0.2) is 4.39 Å². The molecule has 4 heteroatoms. The molecule has 2 nitrogen and oxygen atoms in total. The molecule has 0 aliphatic carbocycles. The van der Waals surface area contributed by atoms with Crippen LogP contribution in [0.1, 0.15) is 29.3 Å². The van der Waals surface area contributed by atoms with Crippen molar-refractivity contribution in [3.63, 3.8) is 0 Å². The van der Waals surface area contributed by atoms with Gasteiger partial charge in [0.15, 0.2) is 0 Å². The van der Waals surface area contributed by atoms with Crippen LogP contribution in [0.4, 0.5) is 4.39 Å². The maximum atomic E-state index is 13.8. The summed E-state index contributed by atoms with van der Waals surface area (Å²) in [6, 6.07) is 4.87. The number of rotatable bonds is 5. The fraction of sp³-hybridized carbons (Fsp3) is 0.500. The van der Waals surface area contributed by atoms with E-state index in [9.17, 15) is 9.18 Å². The lowest BCUT2D eigenvalue weighted by Gasteiger charge is -2.27. The van der Waals surface area contributed by atoms with Crippen molar-refractivity contribution in [3.8, 4) is 0 Å². The number of nitrogens with zero attached hydrogens (tertiary/aromatic N) is 1. The zero-order valence-electron chi connectivity index (χ0n) is 11.4. The minimum Gasteiger partial charge on any atom is -0.338 e. The number of aryl methyl sites for hydroxylation is 1. The van der Waals surface area contributed by atoms with E-state index in [1.807, 2.05) is 20.1 Å². The van der Waals surface area contributed by atoms with Gasteiger partial charge in [0.05, 0.1) is 5.56 Å². The van der Waals surface area contributed by atoms with Gasteiger partial charge in [-0.05, 0) is 37.3 Å². The Bertz CT molecular complexity index is 422. The Labute approximate surface area is 113 Å². The van der Waals surface area contributed by atoms with Crippen molar-refractivity contribution in [2.75, 3.05) is 19.1 Å². The summed E-state index contributed by atoms with van der Waals surface area (Å²) in [5.74, 6) is 0.186. The Hall–Kier alpha value is -1.03. The summed E-state index contributed by atoms with van der Waals surface area (Å²) in [5.41, 5.74) is 0.977. The van der Waals surface area contributed by atoms with Gasteiger partial charge in [0.25, 0.3) is 5.91 Å². The second kappa shape index (κ2) is 6.78. The van der Waals surface area contributed by atoms with Crippen LogP contribution in [0.5, 0.6) is 0 Å². The van der Waals surface area contributed by atoms with Crippen LogP contribution in [0.25, 0.3) is 0 Å². The molecule has 1 atom stereocenters. The standard InChI is InChI=1S/C14H20FNOS/c1-5-11(9-18-4)16(3)14(17)12-7-6-10(2)8-13(12)15/h6-8,11H,5,9H2,1-4H3. The lowest BCUT2D eigenvalue weighted by atomic mass is 10.1. The first kappa shape index (κ1) is 15.0. The maximum absolute atomic E-state index is 13.8. The highest BCUT2D eigenvalue weighted by Crippen LogP contribution is 2.16. The normalized spacial score (nSPS) is 12.3. The number of amides is 1. The van der Waals surface area contributed by atoms with E-state index in [2.05, 4.69) is 0 Å². The van der Waals surface area contributed by atoms with Crippen molar-refractivity contribution < 1.29 is 9.18 Å². The Balaban J connectivity index is 2.91. The van der Waals surface area contributed by atoms with Crippen molar-refractivity contribution in [2.24, 2.45) is 0 Å². The number of carbonyl (C=O) groups excluding carboxylic acids is 1. The summed E-state index contributed by atoms with van der Waals surface area (Å²) in [4.78, 5) is 13.9. The molecule has 0 saturated heterocycles. The summed E-state index contributed by atoms with van der Waals surface area (Å²) in [6.07, 6.45) is 2.88. The highest BCUT2D eigenvalue weighted by atomic mass is 32.2. The maximum Gasteiger partial charge on any atom is 0.256 e. The largest absolute Gasteiger partial charge is 0.338 e. The van der Waals surface area contributed by atoms with Crippen LogP contribution in [-0.4, -0.2) is 35.9 Å². The van der Waals surface area contributed by atoms with Crippen LogP contribution in [0.3, 0.4) is 0 Å². The molecule has 0 fully saturated rings. The number of carbonyl (C=O) groups is 1. The van der Waals surface area contributed by atoms with Crippen LogP contribution in [0.2, 0.25) is 0 Å². The van der Waals surface area contributed by atoms with Gasteiger partial charge in [-0.2, -0.15) is 11.8 Å². The third kappa shape index (κ3) is 3.48. The zero-order valence-corrected chi connectivity index (χ0v) is 12.2. The van der Waals surface area contributed by atoms with Crippen LogP contribution >= 0.6 is 11.8 Å². The highest BCUT2D eigenvalue weighted by Gasteiger charge is 2.21. The molecule has 0 heterocycles. The molecule has 0 N–H and O–H groups in total. The topological polar surface area (TPSA) is 20.3 Å². The summed E-state index contributed by atoms with van der Waals surface area (Å²) in [5, 5.41) is 0. The third-order valence-electron chi connectivity index (χ3n) is 3.05. The van der Waals surface area contributed by atoms with Crippen LogP contribution in [0.15, 0.2) is 18.2 Å². The molecule has 100 valence electrons. The van der Waals surface area contributed by atoms with Gasteiger partial charge in [-0.1, -0.05) is 13.0 Å². The molecule has 0 aliphatic rings. The average Bonchev–Trinajstić information content (AvgIpc) is 2.34. The van der Waals surface area contributed by atoms with E-state index in [0.717, 1.165) is 17.7 Å². The van der Waals surface area contributed by atoms with Gasteiger partial charge in [0.1, 0.15) is 5.82 Å². The van der Waals surface area contributed by atoms with Crippen LogP contribution < -0.4 is 0 Å². The van der Waals surface area contributed by atoms with Gasteiger partial charge >= 0.3 is 0 Å². The molecule has 1 rings (SSSR count). The smallest absolute Gasteiger partial charge is 0.256 e. The van der Waals surface area contributed by atoms with E-state index in [1.54, 1.807) is 35.8 Å². The van der Waals surface area contributed by atoms with Crippen molar-refractivity contribution in [1.29, 1.82) is 0 Å². The average molecular weight is 269 g/mol. The van der Waals surface area contributed by atoms with E-state index in [0.29, 0.717) is 0 Å². The minimum atomic E-state index is -0.439. The fourth-order valence-electron chi connectivity index (χ4n) is 1.85. The van der Waals surface area contributed by atoms with E-state index < -0.39 is 5.82 Å². The van der Waals surface area contributed by atoms with E-state index in [4.69, 9.17) is 0 Å². The number of halogens is 1. The molecule has 0 bridgehead atoms. The number of benzene rings is 1. The van der Waals surface area contributed by atoms with E-state index >= 15 is 0 Å². The molecule has 1 amide bonds. The van der Waals surface area contributed by atoms with Crippen LogP contribution in [-0.2, 0) is 0 Å². The molecule has 1 aromatic rings. The summed E-state index contributed by atoms with van der Waals surface area (Å²) in [7, 11) is 1.74. The monoisotopic (exact) mass is 269 g/mol. The molecule has 1 aromatic carbocycles. The van der Waals surface area contributed by atoms with Gasteiger partial charge in [-0.15, -0.1) is 0 Å². The Morgan fingerprint density at radius 3 is 2.67 bits per heavy atom. The SMILES string of the molecule is CCC(CSC)N(C)C(=O)c1ccc(C)cc1F. The Kier molecular flexibility index (Phi) is 5.66. The van der Waals surface area contributed by atoms with Crippen molar-refractivity contribution in [3.05, 3.63) is 35.1 Å². The minimum absolute atomic E-state index is 0.146. The second-order valence-electron chi connectivity index (χ2n) is 4.42. The number of thioether (sulfide) groups is 1. The molecular formula is C14H20FNOS. The predicted octanol–water partition coefficient (Wildman–Crippen LogP) is 3.35. The highest BCUT2D eigenvalue weighted by molar-refractivity contribution is 7.98. The molecule has 0 saturated carbocycles. The fourth-order valence-corrected chi connectivity index (χ4v) is 2.69. The molecule has 0 aliphatic heterocycles. The van der Waals surface area contributed by atoms with E-state index in [1.165, 1.54) is 6.07 Å². The van der Waals surface area contributed by atoms with Crippen LogP contribution in [0, 0.1) is 12.7 Å². The summed E-state index contributed by atoms with van der Waals surface area (Å²) < 4.78 is 13.8. The molecule has 1 unspecified atom stereocenters. The molecule has 0 spiro atoms. The van der Waals surface area contributed by atoms with Crippen molar-refractivity contribution in [1.82, 2.24) is 4.90 Å². The van der Waals surface area contributed by atoms with Gasteiger partial charge in [0, 0.05) is 18.8 Å². The first-order valence-electron chi connectivity index (χ1n) is 6.03. The molecular weight excluding hydrogens is 249 g/mol. The molecule has 0 radical (unpaired) electrons. The quantitative estimate of drug-likeness (QED) is 0.817. The first-order valence-corrected chi connectivity index (χ1v) is 7.42. The number of hydrogen-bond donors (Lipinski definition) is 0. The molecule has 18 heavy (non-hydrogen) atoms. The van der Waals surface area contributed by atoms with Gasteiger partial charge in [0.2, 0.25) is 0 Å². The van der Waals surface area contributed by atoms with Crippen molar-refractivity contribution in [2.45, 2.75) is 26.3 Å². The Morgan fingerprint density at radius 2 is 2.17 bits per heavy atom. The lowest BCUT2D eigenvalue weighted by Crippen LogP contribution is -2.38. The summed E-state index contributed by atoms with van der Waals surface area (Å²) in [6.45, 7) is 3.85. The molecule has 0 aromatic heterocycles. The number of hydrogen-bond acceptors (Lipinski definition) is 2. The van der Waals surface area contributed by atoms with Crippen molar-refractivity contribution >= 4 is 17.7 Å². The van der Waals surface area contributed by atoms with Gasteiger partial charge in [-0.3, -0.25) is 4.79 Å². The van der Waals surface area contributed by atoms with E-state index in [-0.39, 0.29) is 17.5 Å². The summed E-state index contributed by atoms with van der Waals surface area (Å²) >= 11 is 1.69. The Morgan fingerprint density at radius 1 is 1.50 bits per heavy atom.